The van der Waals surface area contributed by atoms with Gasteiger partial charge in [0.1, 0.15) is 19.7 Å². The molecule has 0 saturated carbocycles. The largest absolute Gasteiger partial charge is 0.394 e. The Kier molecular flexibility index (Phi) is 5.16. The van der Waals surface area contributed by atoms with Crippen LogP contribution in [0.5, 0.6) is 0 Å². The van der Waals surface area contributed by atoms with E-state index in [1.807, 2.05) is 0 Å². The molecule has 8 N–H and O–H groups in total. The minimum atomic E-state index is -1.64. The first-order valence-corrected chi connectivity index (χ1v) is 3.77. The number of nitrogens with two attached hydrogens (primary N) is 1. The summed E-state index contributed by atoms with van der Waals surface area (Å²) in [4.78, 5) is 0. The summed E-state index contributed by atoms with van der Waals surface area (Å²) in [5, 5.41) is 44.9. The smallest absolute Gasteiger partial charge is 0.137 e. The van der Waals surface area contributed by atoms with Gasteiger partial charge in [0.05, 0.1) is 12.7 Å². The maximum Gasteiger partial charge on any atom is 0.137 e. The van der Waals surface area contributed by atoms with Gasteiger partial charge in [0, 0.05) is 6.54 Å². The van der Waals surface area contributed by atoms with Crippen LogP contribution in [-0.2, 0) is 0 Å². The summed E-state index contributed by atoms with van der Waals surface area (Å²) in [5.74, 6) is 1.77. The van der Waals surface area contributed by atoms with Crippen molar-refractivity contribution in [2.45, 2.75) is 24.4 Å². The molecule has 13 heavy (non-hydrogen) atoms. The molecule has 0 rings (SSSR count). The Morgan fingerprint density at radius 3 is 2.15 bits per heavy atom. The Morgan fingerprint density at radius 2 is 1.69 bits per heavy atom. The lowest BCUT2D eigenvalue weighted by atomic mass is 10.0. The SMILES string of the molecule is [2H]NNC[C@@H](O)[C@@H](O)[C@H](O)[C@H](O)CO. The van der Waals surface area contributed by atoms with Crippen LogP contribution >= 0.6 is 0 Å². The quantitative estimate of drug-likeness (QED) is 0.162. The van der Waals surface area contributed by atoms with Crippen molar-refractivity contribution in [1.29, 1.82) is 0 Å². The second-order valence-electron chi connectivity index (χ2n) is 2.68. The average molecular weight is 197 g/mol. The number of hydrogen-bond donors (Lipinski definition) is 7. The first-order valence-electron chi connectivity index (χ1n) is 4.27. The molecule has 0 unspecified atom stereocenters. The summed E-state index contributed by atoms with van der Waals surface area (Å²) >= 11 is 0. The van der Waals surface area contributed by atoms with Crippen molar-refractivity contribution in [1.82, 2.24) is 5.43 Å². The van der Waals surface area contributed by atoms with Crippen molar-refractivity contribution < 1.29 is 26.9 Å². The zero-order chi connectivity index (χ0) is 11.1. The molecule has 0 amide bonds. The summed E-state index contributed by atoms with van der Waals surface area (Å²) in [6, 6.07) is 0. The van der Waals surface area contributed by atoms with E-state index in [4.69, 9.17) is 16.7 Å². The average Bonchev–Trinajstić information content (AvgIpc) is 2.22. The van der Waals surface area contributed by atoms with Crippen molar-refractivity contribution in [3.63, 3.8) is 0 Å². The number of aliphatic hydroxyl groups is 5. The third kappa shape index (κ3) is 3.96. The summed E-state index contributed by atoms with van der Waals surface area (Å²) in [5.41, 5.74) is 2.19. The van der Waals surface area contributed by atoms with Crippen LogP contribution in [-0.4, -0.2) is 63.1 Å². The summed E-state index contributed by atoms with van der Waals surface area (Å²) in [6.45, 7) is -0.894. The van der Waals surface area contributed by atoms with Crippen LogP contribution in [0, 0.1) is 0 Å². The number of aliphatic hydroxyl groups excluding tert-OH is 5. The molecule has 0 aromatic rings. The molecule has 0 heterocycles. The summed E-state index contributed by atoms with van der Waals surface area (Å²) < 4.78 is 6.46. The van der Waals surface area contributed by atoms with Gasteiger partial charge >= 0.3 is 0 Å². The van der Waals surface area contributed by atoms with Gasteiger partial charge in [0.25, 0.3) is 0 Å². The van der Waals surface area contributed by atoms with Gasteiger partial charge in [-0.25, -0.2) is 0 Å². The molecule has 0 bridgehead atoms. The van der Waals surface area contributed by atoms with Crippen LogP contribution in [0.3, 0.4) is 0 Å². The fraction of sp³-hybridized carbons (Fsp3) is 1.00. The second-order valence-corrected chi connectivity index (χ2v) is 2.68. The van der Waals surface area contributed by atoms with E-state index in [2.05, 4.69) is 5.43 Å². The third-order valence-electron chi connectivity index (χ3n) is 1.64. The highest BCUT2D eigenvalue weighted by atomic mass is 16.4. The van der Waals surface area contributed by atoms with E-state index in [9.17, 15) is 10.2 Å². The number of nitrogens with one attached hydrogen (secondary N) is 1. The van der Waals surface area contributed by atoms with Gasteiger partial charge in [0.2, 0.25) is 0 Å². The Hall–Kier alpha value is -0.280. The molecule has 7 nitrogen and oxygen atoms in total. The van der Waals surface area contributed by atoms with Crippen LogP contribution in [0.2, 0.25) is 1.41 Å². The molecule has 0 spiro atoms. The van der Waals surface area contributed by atoms with Gasteiger partial charge < -0.3 is 25.5 Å². The number of rotatable bonds is 7. The Bertz CT molecular complexity index is 152. The monoisotopic (exact) mass is 197 g/mol. The predicted octanol–water partition coefficient (Wildman–Crippen LogP) is -4.11. The van der Waals surface area contributed by atoms with Crippen molar-refractivity contribution in [2.75, 3.05) is 13.2 Å². The maximum absolute atomic E-state index is 9.21. The standard InChI is InChI=1S/C6H16N2O5/c7-8-1-3(10)5(12)6(13)4(11)2-9/h3-6,8-13H,1-2,7H2/t3-,4-,5-,6-/m1/s1/i/hD. The topological polar surface area (TPSA) is 139 Å². The second kappa shape index (κ2) is 6.22. The van der Waals surface area contributed by atoms with Gasteiger partial charge in [0.15, 0.2) is 0 Å². The number of hydrogen-bond acceptors (Lipinski definition) is 7. The maximum atomic E-state index is 9.21. The molecule has 0 fully saturated rings. The first-order chi connectivity index (χ1) is 6.54. The van der Waals surface area contributed by atoms with Crippen molar-refractivity contribution in [3.8, 4) is 0 Å². The molecule has 0 aliphatic rings. The molecule has 4 atom stereocenters. The van der Waals surface area contributed by atoms with Crippen LogP contribution in [0.15, 0.2) is 0 Å². The molecular formula is C6H16N2O5. The van der Waals surface area contributed by atoms with Crippen LogP contribution in [0.25, 0.3) is 0 Å². The minimum absolute atomic E-state index is 0.181. The molecule has 0 aromatic heterocycles. The lowest BCUT2D eigenvalue weighted by molar-refractivity contribution is -0.113. The van der Waals surface area contributed by atoms with Gasteiger partial charge in [-0.3, -0.25) is 11.3 Å². The van der Waals surface area contributed by atoms with Gasteiger partial charge in [-0.1, -0.05) is 0 Å². The fourth-order valence-corrected chi connectivity index (χ4v) is 0.789. The summed E-state index contributed by atoms with van der Waals surface area (Å²) in [6.07, 6.45) is -6.10. The highest BCUT2D eigenvalue weighted by Crippen LogP contribution is 2.03. The summed E-state index contributed by atoms with van der Waals surface area (Å²) in [7, 11) is 0. The molecule has 0 aliphatic carbocycles. The molecule has 0 radical (unpaired) electrons. The highest BCUT2D eigenvalue weighted by molar-refractivity contribution is 4.80. The van der Waals surface area contributed by atoms with E-state index in [-0.39, 0.29) is 6.54 Å². The Labute approximate surface area is 76.9 Å². The van der Waals surface area contributed by atoms with Crippen LogP contribution in [0.1, 0.15) is 0 Å². The van der Waals surface area contributed by atoms with Crippen molar-refractivity contribution in [2.24, 2.45) is 5.84 Å². The van der Waals surface area contributed by atoms with E-state index >= 15 is 0 Å². The predicted molar refractivity (Wildman–Crippen MR) is 43.3 cm³/mol. The van der Waals surface area contributed by atoms with E-state index in [0.29, 0.717) is 0 Å². The lowest BCUT2D eigenvalue weighted by Gasteiger charge is -2.25. The Balaban J connectivity index is 3.95. The van der Waals surface area contributed by atoms with Gasteiger partial charge in [-0.2, -0.15) is 0 Å². The van der Waals surface area contributed by atoms with Crippen molar-refractivity contribution >= 4 is 0 Å². The lowest BCUT2D eigenvalue weighted by Crippen LogP contribution is -2.49. The molecular weight excluding hydrogens is 180 g/mol. The first kappa shape index (κ1) is 10.8. The van der Waals surface area contributed by atoms with Gasteiger partial charge in [-0.05, 0) is 0 Å². The van der Waals surface area contributed by atoms with Crippen molar-refractivity contribution in [3.05, 3.63) is 0 Å². The zero-order valence-electron chi connectivity index (χ0n) is 7.96. The molecule has 0 saturated heterocycles. The number of hydrazine groups is 1. The molecule has 80 valence electrons. The van der Waals surface area contributed by atoms with E-state index in [1.165, 1.54) is 0 Å². The van der Waals surface area contributed by atoms with Crippen LogP contribution in [0.4, 0.5) is 0 Å². The minimum Gasteiger partial charge on any atom is -0.394 e. The third-order valence-corrected chi connectivity index (χ3v) is 1.64. The van der Waals surface area contributed by atoms with E-state index < -0.39 is 31.0 Å². The molecule has 7 heteroatoms. The normalized spacial score (nSPS) is 21.8. The van der Waals surface area contributed by atoms with Gasteiger partial charge in [-0.15, -0.1) is 0 Å². The van der Waals surface area contributed by atoms with E-state index in [1.54, 1.807) is 5.84 Å². The highest BCUT2D eigenvalue weighted by Gasteiger charge is 2.29. The van der Waals surface area contributed by atoms with Crippen LogP contribution < -0.4 is 11.3 Å². The Morgan fingerprint density at radius 1 is 1.15 bits per heavy atom. The molecule has 0 aromatic carbocycles. The molecule has 0 aliphatic heterocycles. The van der Waals surface area contributed by atoms with E-state index in [0.717, 1.165) is 0 Å². The zero-order valence-corrected chi connectivity index (χ0v) is 6.96. The fourth-order valence-electron chi connectivity index (χ4n) is 0.789.